The molecule has 0 unspecified atom stereocenters. The fraction of sp³-hybridized carbons (Fsp3) is 0.375. The normalized spacial score (nSPS) is 16.9. The number of nitrogens with zero attached hydrogens (tertiary/aromatic N) is 5. The third-order valence-electron chi connectivity index (χ3n) is 4.42. The molecule has 136 valence electrons. The Hall–Kier alpha value is -3.01. The lowest BCUT2D eigenvalue weighted by Crippen LogP contribution is -2.44. The number of ether oxygens (including phenoxy) is 1. The summed E-state index contributed by atoms with van der Waals surface area (Å²) in [6, 6.07) is 4.83. The van der Waals surface area contributed by atoms with E-state index in [2.05, 4.69) is 5.10 Å². The molecular formula is C16H16FN5O4. The van der Waals surface area contributed by atoms with Crippen molar-refractivity contribution in [1.82, 2.24) is 19.2 Å². The first-order chi connectivity index (χ1) is 12.5. The average Bonchev–Trinajstić information content (AvgIpc) is 3.13. The van der Waals surface area contributed by atoms with Gasteiger partial charge in [0.05, 0.1) is 19.8 Å². The van der Waals surface area contributed by atoms with Gasteiger partial charge in [0.15, 0.2) is 5.82 Å². The van der Waals surface area contributed by atoms with Crippen molar-refractivity contribution < 1.29 is 18.7 Å². The van der Waals surface area contributed by atoms with Crippen molar-refractivity contribution in [2.45, 2.75) is 13.1 Å². The van der Waals surface area contributed by atoms with Gasteiger partial charge in [-0.05, 0) is 24.3 Å². The molecule has 0 aliphatic carbocycles. The van der Waals surface area contributed by atoms with Crippen LogP contribution in [0, 0.1) is 5.82 Å². The summed E-state index contributed by atoms with van der Waals surface area (Å²) in [4.78, 5) is 40.2. The van der Waals surface area contributed by atoms with E-state index in [-0.39, 0.29) is 24.8 Å². The number of halogens is 1. The molecule has 0 spiro atoms. The Labute approximate surface area is 147 Å². The second kappa shape index (κ2) is 6.37. The highest BCUT2D eigenvalue weighted by molar-refractivity contribution is 5.96. The highest BCUT2D eigenvalue weighted by Crippen LogP contribution is 2.22. The van der Waals surface area contributed by atoms with Crippen LogP contribution in [0.25, 0.3) is 0 Å². The number of fused-ring (bicyclic) bond motifs is 1. The van der Waals surface area contributed by atoms with Crippen molar-refractivity contribution in [2.75, 3.05) is 31.2 Å². The van der Waals surface area contributed by atoms with E-state index in [4.69, 9.17) is 4.74 Å². The third kappa shape index (κ3) is 2.77. The second-order valence-electron chi connectivity index (χ2n) is 6.03. The molecule has 0 bridgehead atoms. The molecule has 2 aliphatic rings. The van der Waals surface area contributed by atoms with E-state index in [0.29, 0.717) is 32.0 Å². The molecule has 3 heterocycles. The van der Waals surface area contributed by atoms with Crippen molar-refractivity contribution in [1.29, 1.82) is 0 Å². The Kier molecular flexibility index (Phi) is 4.03. The predicted octanol–water partition coefficient (Wildman–Crippen LogP) is 0.0310. The van der Waals surface area contributed by atoms with Crippen LogP contribution in [0.2, 0.25) is 0 Å². The predicted molar refractivity (Wildman–Crippen MR) is 87.3 cm³/mol. The molecule has 0 saturated carbocycles. The Morgan fingerprint density at radius 3 is 2.50 bits per heavy atom. The number of rotatable bonds is 3. The molecule has 0 atom stereocenters. The minimum absolute atomic E-state index is 0.0818. The van der Waals surface area contributed by atoms with E-state index in [1.165, 1.54) is 29.2 Å². The van der Waals surface area contributed by atoms with Gasteiger partial charge in [-0.2, -0.15) is 9.67 Å². The number of morpholine rings is 1. The molecule has 2 aliphatic heterocycles. The van der Waals surface area contributed by atoms with Crippen LogP contribution in [0.3, 0.4) is 0 Å². The standard InChI is InChI=1S/C16H16FN5O4/c17-11-1-3-12(4-2-11)20-9-13-18-21(16(25)22(13)15(20)24)10-14(23)19-5-7-26-8-6-19/h1-4H,5-10H2. The Bertz CT molecular complexity index is 914. The number of aromatic nitrogens is 3. The number of benzene rings is 1. The first kappa shape index (κ1) is 16.5. The van der Waals surface area contributed by atoms with Crippen LogP contribution in [-0.2, 0) is 22.6 Å². The monoisotopic (exact) mass is 361 g/mol. The van der Waals surface area contributed by atoms with Crippen LogP contribution in [-0.4, -0.2) is 57.5 Å². The second-order valence-corrected chi connectivity index (χ2v) is 6.03. The molecule has 2 amide bonds. The summed E-state index contributed by atoms with van der Waals surface area (Å²) in [5.41, 5.74) is -0.187. The SMILES string of the molecule is O=C(Cn1nc2n(c1=O)C(=O)N(c1ccc(F)cc1)C2)N1CCOCC1. The highest BCUT2D eigenvalue weighted by atomic mass is 19.1. The number of carbonyl (C=O) groups excluding carboxylic acids is 2. The first-order valence-corrected chi connectivity index (χ1v) is 8.16. The zero-order chi connectivity index (χ0) is 18.3. The van der Waals surface area contributed by atoms with Gasteiger partial charge < -0.3 is 9.64 Å². The Morgan fingerprint density at radius 1 is 1.15 bits per heavy atom. The minimum Gasteiger partial charge on any atom is -0.378 e. The van der Waals surface area contributed by atoms with Gasteiger partial charge in [0.25, 0.3) is 0 Å². The maximum absolute atomic E-state index is 13.0. The average molecular weight is 361 g/mol. The topological polar surface area (TPSA) is 89.7 Å². The van der Waals surface area contributed by atoms with Crippen LogP contribution in [0.4, 0.5) is 14.9 Å². The molecule has 4 rings (SSSR count). The van der Waals surface area contributed by atoms with E-state index in [1.54, 1.807) is 4.90 Å². The van der Waals surface area contributed by atoms with Crippen molar-refractivity contribution in [3.63, 3.8) is 0 Å². The molecule has 9 nitrogen and oxygen atoms in total. The fourth-order valence-corrected chi connectivity index (χ4v) is 3.04. The number of anilines is 1. The molecule has 1 fully saturated rings. The van der Waals surface area contributed by atoms with Crippen LogP contribution >= 0.6 is 0 Å². The van der Waals surface area contributed by atoms with Gasteiger partial charge in [-0.15, -0.1) is 0 Å². The van der Waals surface area contributed by atoms with Gasteiger partial charge in [0, 0.05) is 18.8 Å². The Balaban J connectivity index is 1.53. The van der Waals surface area contributed by atoms with Crippen LogP contribution in [0.15, 0.2) is 29.1 Å². The van der Waals surface area contributed by atoms with Gasteiger partial charge in [0.1, 0.15) is 12.4 Å². The van der Waals surface area contributed by atoms with E-state index in [0.717, 1.165) is 9.25 Å². The maximum atomic E-state index is 13.0. The summed E-state index contributed by atoms with van der Waals surface area (Å²) in [6.45, 7) is 1.73. The maximum Gasteiger partial charge on any atom is 0.354 e. The first-order valence-electron chi connectivity index (χ1n) is 8.16. The number of amides is 2. The largest absolute Gasteiger partial charge is 0.378 e. The summed E-state index contributed by atoms with van der Waals surface area (Å²) in [7, 11) is 0. The summed E-state index contributed by atoms with van der Waals surface area (Å²) < 4.78 is 20.2. The summed E-state index contributed by atoms with van der Waals surface area (Å²) >= 11 is 0. The summed E-state index contributed by atoms with van der Waals surface area (Å²) in [5, 5.41) is 4.12. The van der Waals surface area contributed by atoms with E-state index in [9.17, 15) is 18.8 Å². The molecule has 1 aromatic heterocycles. The van der Waals surface area contributed by atoms with E-state index in [1.807, 2.05) is 0 Å². The summed E-state index contributed by atoms with van der Waals surface area (Å²) in [6.07, 6.45) is 0. The summed E-state index contributed by atoms with van der Waals surface area (Å²) in [5.74, 6) is -0.406. The molecular weight excluding hydrogens is 345 g/mol. The lowest BCUT2D eigenvalue weighted by molar-refractivity contribution is -0.136. The number of hydrogen-bond acceptors (Lipinski definition) is 5. The molecule has 0 N–H and O–H groups in total. The van der Waals surface area contributed by atoms with Gasteiger partial charge >= 0.3 is 11.7 Å². The van der Waals surface area contributed by atoms with Gasteiger partial charge in [0.2, 0.25) is 5.91 Å². The molecule has 1 saturated heterocycles. The minimum atomic E-state index is -0.656. The zero-order valence-corrected chi connectivity index (χ0v) is 13.8. The smallest absolute Gasteiger partial charge is 0.354 e. The Morgan fingerprint density at radius 2 is 1.85 bits per heavy atom. The van der Waals surface area contributed by atoms with Crippen LogP contribution in [0.1, 0.15) is 5.82 Å². The van der Waals surface area contributed by atoms with Crippen LogP contribution < -0.4 is 10.6 Å². The van der Waals surface area contributed by atoms with Gasteiger partial charge in [-0.3, -0.25) is 9.69 Å². The number of hydrogen-bond donors (Lipinski definition) is 0. The lowest BCUT2D eigenvalue weighted by atomic mass is 10.3. The molecule has 10 heteroatoms. The van der Waals surface area contributed by atoms with Gasteiger partial charge in [-0.25, -0.2) is 18.7 Å². The molecule has 2 aromatic rings. The molecule has 26 heavy (non-hydrogen) atoms. The van der Waals surface area contributed by atoms with Crippen molar-refractivity contribution in [3.8, 4) is 0 Å². The zero-order valence-electron chi connectivity index (χ0n) is 13.8. The third-order valence-corrected chi connectivity index (χ3v) is 4.42. The molecule has 1 aromatic carbocycles. The lowest BCUT2D eigenvalue weighted by Gasteiger charge is -2.26. The highest BCUT2D eigenvalue weighted by Gasteiger charge is 2.34. The van der Waals surface area contributed by atoms with Crippen molar-refractivity contribution in [3.05, 3.63) is 46.4 Å². The van der Waals surface area contributed by atoms with Gasteiger partial charge in [-0.1, -0.05) is 0 Å². The fourth-order valence-electron chi connectivity index (χ4n) is 3.04. The quantitative estimate of drug-likeness (QED) is 0.770. The van der Waals surface area contributed by atoms with E-state index >= 15 is 0 Å². The molecule has 0 radical (unpaired) electrons. The van der Waals surface area contributed by atoms with Crippen molar-refractivity contribution in [2.24, 2.45) is 0 Å². The van der Waals surface area contributed by atoms with E-state index < -0.39 is 17.5 Å². The van der Waals surface area contributed by atoms with Crippen molar-refractivity contribution >= 4 is 17.6 Å². The van der Waals surface area contributed by atoms with Crippen LogP contribution in [0.5, 0.6) is 0 Å². The number of carbonyl (C=O) groups is 2.